The third-order valence-corrected chi connectivity index (χ3v) is 3.49. The van der Waals surface area contributed by atoms with Crippen LogP contribution in [0.25, 0.3) is 11.0 Å². The molecule has 0 amide bonds. The highest BCUT2D eigenvalue weighted by Crippen LogP contribution is 2.39. The molecule has 0 spiro atoms. The lowest BCUT2D eigenvalue weighted by Crippen LogP contribution is -1.98. The van der Waals surface area contributed by atoms with Crippen molar-refractivity contribution in [2.45, 2.75) is 24.8 Å². The predicted molar refractivity (Wildman–Crippen MR) is 65.3 cm³/mol. The summed E-state index contributed by atoms with van der Waals surface area (Å²) in [7, 11) is 0. The fourth-order valence-corrected chi connectivity index (χ4v) is 2.49. The van der Waals surface area contributed by atoms with Crippen LogP contribution in [-0.2, 0) is 5.88 Å². The molecule has 1 aromatic heterocycles. The molecule has 1 aromatic carbocycles. The minimum atomic E-state index is 0.489. The molecular formula is C11H10BrClN2. The fraction of sp³-hybridized carbons (Fsp3) is 0.364. The number of alkyl halides is 1. The van der Waals surface area contributed by atoms with E-state index in [1.165, 1.54) is 18.4 Å². The topological polar surface area (TPSA) is 17.8 Å². The van der Waals surface area contributed by atoms with Gasteiger partial charge in [-0.1, -0.05) is 15.9 Å². The highest BCUT2D eigenvalue weighted by atomic mass is 79.9. The molecule has 0 aliphatic heterocycles. The summed E-state index contributed by atoms with van der Waals surface area (Å²) in [6, 6.07) is 6.84. The van der Waals surface area contributed by atoms with E-state index < -0.39 is 0 Å². The highest BCUT2D eigenvalue weighted by molar-refractivity contribution is 9.10. The first-order valence-electron chi connectivity index (χ1n) is 5.02. The van der Waals surface area contributed by atoms with Crippen molar-refractivity contribution in [2.75, 3.05) is 0 Å². The molecule has 1 heterocycles. The van der Waals surface area contributed by atoms with E-state index in [4.69, 9.17) is 11.6 Å². The van der Waals surface area contributed by atoms with Crippen molar-refractivity contribution < 1.29 is 0 Å². The van der Waals surface area contributed by atoms with Gasteiger partial charge < -0.3 is 4.57 Å². The van der Waals surface area contributed by atoms with Gasteiger partial charge in [-0.25, -0.2) is 4.98 Å². The average Bonchev–Trinajstić information content (AvgIpc) is 2.99. The second-order valence-corrected chi connectivity index (χ2v) is 5.08. The Morgan fingerprint density at radius 1 is 1.47 bits per heavy atom. The molecular weight excluding hydrogens is 275 g/mol. The average molecular weight is 286 g/mol. The monoisotopic (exact) mass is 284 g/mol. The Bertz CT molecular complexity index is 517. The molecule has 1 saturated carbocycles. The van der Waals surface area contributed by atoms with E-state index in [-0.39, 0.29) is 0 Å². The molecule has 0 N–H and O–H groups in total. The Morgan fingerprint density at radius 2 is 2.27 bits per heavy atom. The molecule has 0 saturated heterocycles. The molecule has 0 unspecified atom stereocenters. The normalized spacial score (nSPS) is 16.1. The SMILES string of the molecule is ClCc1nc2cc(Br)ccc2n1C1CC1. The number of nitrogens with zero attached hydrogens (tertiary/aromatic N) is 2. The van der Waals surface area contributed by atoms with E-state index in [0.717, 1.165) is 15.8 Å². The molecule has 0 radical (unpaired) electrons. The summed E-state index contributed by atoms with van der Waals surface area (Å²) in [5.41, 5.74) is 2.24. The van der Waals surface area contributed by atoms with Gasteiger partial charge in [0, 0.05) is 10.5 Å². The quantitative estimate of drug-likeness (QED) is 0.766. The highest BCUT2D eigenvalue weighted by Gasteiger charge is 2.27. The van der Waals surface area contributed by atoms with Crippen molar-refractivity contribution in [3.63, 3.8) is 0 Å². The van der Waals surface area contributed by atoms with Gasteiger partial charge >= 0.3 is 0 Å². The van der Waals surface area contributed by atoms with Crippen LogP contribution >= 0.6 is 27.5 Å². The van der Waals surface area contributed by atoms with Crippen molar-refractivity contribution in [2.24, 2.45) is 0 Å². The van der Waals surface area contributed by atoms with Gasteiger partial charge in [0.05, 0.1) is 16.9 Å². The van der Waals surface area contributed by atoms with Crippen molar-refractivity contribution in [1.82, 2.24) is 9.55 Å². The number of aromatic nitrogens is 2. The number of hydrogen-bond acceptors (Lipinski definition) is 1. The zero-order valence-corrected chi connectivity index (χ0v) is 10.4. The van der Waals surface area contributed by atoms with Crippen LogP contribution in [0.3, 0.4) is 0 Å². The summed E-state index contributed by atoms with van der Waals surface area (Å²) in [6.07, 6.45) is 2.51. The van der Waals surface area contributed by atoms with E-state index >= 15 is 0 Å². The Balaban J connectivity index is 2.28. The molecule has 2 aromatic rings. The zero-order valence-electron chi connectivity index (χ0n) is 8.08. The van der Waals surface area contributed by atoms with Gasteiger partial charge in [-0.05, 0) is 31.0 Å². The van der Waals surface area contributed by atoms with Gasteiger partial charge in [0.15, 0.2) is 0 Å². The molecule has 0 atom stereocenters. The minimum absolute atomic E-state index is 0.489. The number of rotatable bonds is 2. The van der Waals surface area contributed by atoms with Crippen LogP contribution < -0.4 is 0 Å². The Kier molecular flexibility index (Phi) is 2.25. The second-order valence-electron chi connectivity index (χ2n) is 3.90. The smallest absolute Gasteiger partial charge is 0.125 e. The Morgan fingerprint density at radius 3 is 2.93 bits per heavy atom. The van der Waals surface area contributed by atoms with E-state index in [9.17, 15) is 0 Å². The maximum Gasteiger partial charge on any atom is 0.125 e. The molecule has 3 rings (SSSR count). The molecule has 1 aliphatic rings. The van der Waals surface area contributed by atoms with Gasteiger partial charge in [-0.2, -0.15) is 0 Å². The number of benzene rings is 1. The van der Waals surface area contributed by atoms with Crippen molar-refractivity contribution >= 4 is 38.6 Å². The van der Waals surface area contributed by atoms with Gasteiger partial charge in [-0.15, -0.1) is 11.6 Å². The van der Waals surface area contributed by atoms with Crippen LogP contribution in [0.4, 0.5) is 0 Å². The van der Waals surface area contributed by atoms with Gasteiger partial charge in [0.1, 0.15) is 5.82 Å². The Hall–Kier alpha value is -0.540. The van der Waals surface area contributed by atoms with E-state index in [1.54, 1.807) is 0 Å². The van der Waals surface area contributed by atoms with Crippen LogP contribution in [0.2, 0.25) is 0 Å². The lowest BCUT2D eigenvalue weighted by Gasteiger charge is -2.04. The first kappa shape index (κ1) is 9.67. The van der Waals surface area contributed by atoms with Gasteiger partial charge in [0.25, 0.3) is 0 Å². The summed E-state index contributed by atoms with van der Waals surface area (Å²) in [5.74, 6) is 1.48. The third-order valence-electron chi connectivity index (χ3n) is 2.76. The number of hydrogen-bond donors (Lipinski definition) is 0. The maximum absolute atomic E-state index is 5.92. The van der Waals surface area contributed by atoms with Gasteiger partial charge in [0.2, 0.25) is 0 Å². The molecule has 1 aliphatic carbocycles. The standard InChI is InChI=1S/C11H10BrClN2/c12-7-1-4-10-9(5-7)14-11(6-13)15(10)8-2-3-8/h1,4-5,8H,2-3,6H2. The first-order chi connectivity index (χ1) is 7.29. The molecule has 1 fully saturated rings. The number of fused-ring (bicyclic) bond motifs is 1. The first-order valence-corrected chi connectivity index (χ1v) is 6.34. The zero-order chi connectivity index (χ0) is 10.4. The van der Waals surface area contributed by atoms with E-state index in [2.05, 4.69) is 37.6 Å². The van der Waals surface area contributed by atoms with Crippen LogP contribution in [0.15, 0.2) is 22.7 Å². The predicted octanol–water partition coefficient (Wildman–Crippen LogP) is 3.87. The largest absolute Gasteiger partial charge is 0.324 e. The summed E-state index contributed by atoms with van der Waals surface area (Å²) in [5, 5.41) is 0. The molecule has 4 heteroatoms. The Labute approximate surface area is 101 Å². The summed E-state index contributed by atoms with van der Waals surface area (Å²) in [6.45, 7) is 0. The van der Waals surface area contributed by atoms with Crippen molar-refractivity contribution in [3.8, 4) is 0 Å². The lowest BCUT2D eigenvalue weighted by atomic mass is 10.3. The molecule has 15 heavy (non-hydrogen) atoms. The van der Waals surface area contributed by atoms with Crippen LogP contribution in [-0.4, -0.2) is 9.55 Å². The van der Waals surface area contributed by atoms with Gasteiger partial charge in [-0.3, -0.25) is 0 Å². The minimum Gasteiger partial charge on any atom is -0.324 e. The van der Waals surface area contributed by atoms with Crippen LogP contribution in [0.5, 0.6) is 0 Å². The molecule has 2 nitrogen and oxygen atoms in total. The van der Waals surface area contributed by atoms with Crippen molar-refractivity contribution in [3.05, 3.63) is 28.5 Å². The summed E-state index contributed by atoms with van der Waals surface area (Å²) >= 11 is 9.38. The summed E-state index contributed by atoms with van der Waals surface area (Å²) in [4.78, 5) is 4.55. The number of imidazole rings is 1. The lowest BCUT2D eigenvalue weighted by molar-refractivity contribution is 0.728. The molecule has 0 bridgehead atoms. The second kappa shape index (κ2) is 3.49. The van der Waals surface area contributed by atoms with Crippen LogP contribution in [0.1, 0.15) is 24.7 Å². The third kappa shape index (κ3) is 1.58. The van der Waals surface area contributed by atoms with E-state index in [1.807, 2.05) is 6.07 Å². The van der Waals surface area contributed by atoms with Crippen molar-refractivity contribution in [1.29, 1.82) is 0 Å². The van der Waals surface area contributed by atoms with E-state index in [0.29, 0.717) is 11.9 Å². The van der Waals surface area contributed by atoms with Crippen LogP contribution in [0, 0.1) is 0 Å². The fourth-order valence-electron chi connectivity index (χ4n) is 1.96. The molecule has 78 valence electrons. The maximum atomic E-state index is 5.92. The summed E-state index contributed by atoms with van der Waals surface area (Å²) < 4.78 is 3.35. The number of halogens is 2.